The predicted octanol–water partition coefficient (Wildman–Crippen LogP) is 1.05. The zero-order valence-corrected chi connectivity index (χ0v) is 40.2. The van der Waals surface area contributed by atoms with Crippen LogP contribution in [0.4, 0.5) is 4.79 Å². The maximum absolute atomic E-state index is 14.1. The number of ketones is 4. The maximum Gasteiger partial charge on any atom is 0.407 e. The molecule has 2 aromatic rings. The number of Topliss-reactive ketones (excluding diaryl/α,β-unsaturated/α-hetero) is 2. The monoisotopic (exact) mass is 1070 g/mol. The van der Waals surface area contributed by atoms with Crippen molar-refractivity contribution in [1.82, 2.24) is 10.2 Å². The first kappa shape index (κ1) is 58.2. The number of unbranched alkanes of at least 4 members (excludes halogenated alkanes) is 2. The van der Waals surface area contributed by atoms with Crippen LogP contribution in [0.15, 0.2) is 30.4 Å². The van der Waals surface area contributed by atoms with Crippen LogP contribution in [0.25, 0.3) is 0 Å². The Balaban J connectivity index is 1.10. The molecule has 1 unspecified atom stereocenters. The number of alkyl carbamates (subject to hydrolysis) is 1. The molecule has 31 heteroatoms. The van der Waals surface area contributed by atoms with Crippen molar-refractivity contribution in [2.45, 2.75) is 101 Å². The maximum atomic E-state index is 14.1. The number of methoxy groups -OCH3 is 1. The highest BCUT2D eigenvalue weighted by molar-refractivity contribution is 6.31. The van der Waals surface area contributed by atoms with Gasteiger partial charge in [-0.1, -0.05) is 25.5 Å². The Morgan fingerprint density at radius 2 is 1.48 bits per heavy atom. The Morgan fingerprint density at radius 3 is 2.12 bits per heavy atom. The summed E-state index contributed by atoms with van der Waals surface area (Å²) in [5.74, 6) is -5.74. The molecule has 0 saturated carbocycles. The molecule has 412 valence electrons. The first-order chi connectivity index (χ1) is 35.9. The Morgan fingerprint density at radius 1 is 0.840 bits per heavy atom. The van der Waals surface area contributed by atoms with Gasteiger partial charge in [-0.15, -0.1) is 0 Å². The molecule has 31 nitrogen and oxygen atoms in total. The Bertz CT molecular complexity index is 2430. The van der Waals surface area contributed by atoms with E-state index in [0.717, 1.165) is 24.2 Å². The Labute approximate surface area is 422 Å². The number of ether oxygens (including phenoxy) is 4. The molecule has 2 aliphatic heterocycles. The average molecular weight is 1070 g/mol. The number of carbonyl (C=O) groups is 7. The van der Waals surface area contributed by atoms with Gasteiger partial charge in [0, 0.05) is 72.9 Å². The lowest BCUT2D eigenvalue weighted by Crippen LogP contribution is -2.56. The van der Waals surface area contributed by atoms with Gasteiger partial charge in [-0.3, -0.25) is 33.7 Å². The van der Waals surface area contributed by atoms with Crippen LogP contribution in [0.3, 0.4) is 0 Å². The number of aliphatic hydroxyl groups excluding tert-OH is 2. The van der Waals surface area contributed by atoms with Crippen LogP contribution < -0.4 is 10.1 Å². The smallest absolute Gasteiger partial charge is 0.407 e. The molecule has 0 radical (unpaired) electrons. The zero-order valence-electron chi connectivity index (χ0n) is 40.2. The van der Waals surface area contributed by atoms with E-state index in [1.807, 2.05) is 0 Å². The first-order valence-electron chi connectivity index (χ1n) is 22.6. The lowest BCUT2D eigenvalue weighted by Gasteiger charge is -2.42. The number of hydrogen-bond donors (Lipinski definition) is 6. The van der Waals surface area contributed by atoms with Crippen LogP contribution in [0, 0.1) is 5.41 Å². The summed E-state index contributed by atoms with van der Waals surface area (Å²) >= 11 is 0. The van der Waals surface area contributed by atoms with Crippen LogP contribution in [-0.4, -0.2) is 142 Å². The molecule has 7 atom stereocenters. The van der Waals surface area contributed by atoms with Gasteiger partial charge in [-0.05, 0) is 81.3 Å². The number of nitrogens with zero attached hydrogens (tertiary/aromatic N) is 1. The summed E-state index contributed by atoms with van der Waals surface area (Å²) in [4.78, 5) is 101. The number of phenols is 2. The van der Waals surface area contributed by atoms with E-state index in [0.29, 0.717) is 19.3 Å². The van der Waals surface area contributed by atoms with Gasteiger partial charge >= 0.3 is 6.09 Å². The predicted molar refractivity (Wildman–Crippen MR) is 229 cm³/mol. The SMILES string of the molecule is COOOOOOOOOOOOOCC(C)(COC(=O)N[C@@H]1C[C@@H](O[C@@H]2C[C@@](O)(C(=O)CO)Cc3c(O)c4c(c(O)c32)C(=O)c2c(OC)cccc2C4=O)O[C@H](C)[C@@H]1O)CC(=O)CCCCCN1C(=O)C=CC1=O. The fourth-order valence-electron chi connectivity index (χ4n) is 8.74. The van der Waals surface area contributed by atoms with Gasteiger partial charge in [-0.25, -0.2) is 14.6 Å². The number of fused-ring (bicyclic) bond motifs is 3. The van der Waals surface area contributed by atoms with Crippen molar-refractivity contribution >= 4 is 41.0 Å². The molecule has 6 rings (SSSR count). The van der Waals surface area contributed by atoms with Crippen LogP contribution >= 0.6 is 0 Å². The van der Waals surface area contributed by atoms with Crippen LogP contribution in [0.2, 0.25) is 0 Å². The van der Waals surface area contributed by atoms with E-state index >= 15 is 0 Å². The summed E-state index contributed by atoms with van der Waals surface area (Å²) in [7, 11) is 2.34. The minimum Gasteiger partial charge on any atom is -0.507 e. The molecule has 1 saturated heterocycles. The number of imide groups is 1. The lowest BCUT2D eigenvalue weighted by atomic mass is 9.72. The van der Waals surface area contributed by atoms with Crippen molar-refractivity contribution in [3.8, 4) is 17.2 Å². The number of nitrogens with one attached hydrogen (secondary N) is 1. The molecule has 0 aromatic heterocycles. The quantitative estimate of drug-likeness (QED) is 0.0179. The average Bonchev–Trinajstić information content (AvgIpc) is 3.71. The second-order valence-corrected chi connectivity index (χ2v) is 17.5. The van der Waals surface area contributed by atoms with Crippen LogP contribution in [0.5, 0.6) is 17.2 Å². The number of phenolic OH excluding ortho intramolecular Hbond substituents is 2. The molecule has 0 bridgehead atoms. The van der Waals surface area contributed by atoms with Crippen molar-refractivity contribution in [2.75, 3.05) is 40.6 Å². The molecular weight excluding hydrogens is 1020 g/mol. The topological polar surface area (TPSA) is 393 Å². The van der Waals surface area contributed by atoms with E-state index in [-0.39, 0.29) is 59.6 Å². The molecule has 1 fully saturated rings. The van der Waals surface area contributed by atoms with Crippen molar-refractivity contribution < 1.29 is 143 Å². The molecule has 3 amide bonds. The van der Waals surface area contributed by atoms with E-state index in [4.69, 9.17) is 23.8 Å². The highest BCUT2D eigenvalue weighted by atomic mass is 18.0. The van der Waals surface area contributed by atoms with Gasteiger partial charge in [0.1, 0.15) is 48.0 Å². The van der Waals surface area contributed by atoms with Gasteiger partial charge < -0.3 is 49.8 Å². The summed E-state index contributed by atoms with van der Waals surface area (Å²) in [6, 6.07) is 2.95. The molecule has 2 aliphatic carbocycles. The molecule has 2 aromatic carbocycles. The fourth-order valence-corrected chi connectivity index (χ4v) is 8.74. The number of aliphatic hydroxyl groups is 3. The summed E-state index contributed by atoms with van der Waals surface area (Å²) in [6.45, 7) is 0.796. The minimum atomic E-state index is -2.46. The normalized spacial score (nSPS) is 22.9. The van der Waals surface area contributed by atoms with Crippen LogP contribution in [0.1, 0.15) is 108 Å². The Hall–Kier alpha value is -6.05. The van der Waals surface area contributed by atoms with Crippen molar-refractivity contribution in [3.63, 3.8) is 0 Å². The van der Waals surface area contributed by atoms with E-state index in [9.17, 15) is 59.1 Å². The van der Waals surface area contributed by atoms with Gasteiger partial charge in [0.15, 0.2) is 17.9 Å². The fraction of sp³-hybridized carbons (Fsp3) is 0.523. The van der Waals surface area contributed by atoms with Gasteiger partial charge in [-0.2, -0.15) is 0 Å². The standard InChI is InChI=1S/C44H52N2O29/c1-22-37(52)26(15-32(63-22)64-28-18-44(58,29(49)19-47)17-25-34(28)41(56)36-35(39(25)54)38(53)24-10-8-11-27(59-3)33(24)40(36)55)45-42(57)61-20-43(2,21-62-66-68-70-72-74-75-73-71-69-67-65-60-4)16-23(48)9-6-5-7-14-46-30(50)12-13-31(46)51/h8,10-13,22,26,28,32,37,47,52,54,56,58H,5-7,9,14-21H2,1-4H3,(H,45,57)/t22-,26-,28-,32-,37+,43?,44-/m1/s1. The summed E-state index contributed by atoms with van der Waals surface area (Å²) in [6.07, 6.45) is -5.20. The second-order valence-electron chi connectivity index (χ2n) is 17.5. The van der Waals surface area contributed by atoms with Gasteiger partial charge in [0.05, 0.1) is 55.8 Å². The van der Waals surface area contributed by atoms with Crippen molar-refractivity contribution in [2.24, 2.45) is 5.41 Å². The third kappa shape index (κ3) is 14.3. The summed E-state index contributed by atoms with van der Waals surface area (Å²) in [5, 5.41) is 101. The van der Waals surface area contributed by atoms with Crippen molar-refractivity contribution in [1.29, 1.82) is 0 Å². The number of rotatable bonds is 30. The Kier molecular flexibility index (Phi) is 20.7. The highest BCUT2D eigenvalue weighted by Crippen LogP contribution is 2.52. The number of hydrogen-bond acceptors (Lipinski definition) is 29. The van der Waals surface area contributed by atoms with E-state index in [2.05, 4.69) is 65.6 Å². The number of aromatic hydroxyl groups is 2. The van der Waals surface area contributed by atoms with Gasteiger partial charge in [0.2, 0.25) is 5.78 Å². The molecule has 0 spiro atoms. The highest BCUT2D eigenvalue weighted by Gasteiger charge is 2.50. The second kappa shape index (κ2) is 26.6. The van der Waals surface area contributed by atoms with Crippen molar-refractivity contribution in [3.05, 3.63) is 63.7 Å². The zero-order chi connectivity index (χ0) is 54.5. The third-order valence-corrected chi connectivity index (χ3v) is 12.3. The number of benzene rings is 2. The summed E-state index contributed by atoms with van der Waals surface area (Å²) in [5.41, 5.74) is -6.03. The largest absolute Gasteiger partial charge is 0.507 e. The lowest BCUT2D eigenvalue weighted by molar-refractivity contribution is -0.869. The first-order valence-corrected chi connectivity index (χ1v) is 22.6. The van der Waals surface area contributed by atoms with E-state index < -0.39 is 132 Å². The number of carbonyl (C=O) groups excluding carboxylic acids is 7. The molecular formula is C44H52N2O29. The molecule has 75 heavy (non-hydrogen) atoms. The summed E-state index contributed by atoms with van der Waals surface area (Å²) < 4.78 is 23.0. The van der Waals surface area contributed by atoms with Gasteiger partial charge in [0.25, 0.3) is 11.8 Å². The molecule has 4 aliphatic rings. The van der Waals surface area contributed by atoms with E-state index in [1.54, 1.807) is 0 Å². The minimum absolute atomic E-state index is 0.000841. The molecule has 2 heterocycles. The third-order valence-electron chi connectivity index (χ3n) is 12.3. The van der Waals surface area contributed by atoms with E-state index in [1.165, 1.54) is 39.2 Å². The number of amides is 3. The van der Waals surface area contributed by atoms with Crippen LogP contribution in [-0.2, 0) is 105 Å². The molecule has 6 N–H and O–H groups in total.